The molecule has 0 amide bonds. The molecule has 1 heterocycles. The fourth-order valence-electron chi connectivity index (χ4n) is 3.08. The van der Waals surface area contributed by atoms with Crippen LogP contribution in [-0.4, -0.2) is 41.9 Å². The number of carbonyl (C=O) groups excluding carboxylic acids is 1. The van der Waals surface area contributed by atoms with Gasteiger partial charge < -0.3 is 29.5 Å². The van der Waals surface area contributed by atoms with Crippen LogP contribution in [0.5, 0.6) is 34.5 Å². The number of phenols is 3. The van der Waals surface area contributed by atoms with Gasteiger partial charge in [0.25, 0.3) is 0 Å². The molecule has 26 heavy (non-hydrogen) atoms. The van der Waals surface area contributed by atoms with Gasteiger partial charge in [-0.15, -0.1) is 0 Å². The number of hydrogen-bond donors (Lipinski definition) is 3. The summed E-state index contributed by atoms with van der Waals surface area (Å²) >= 11 is 0. The number of ether oxygens (including phenoxy) is 3. The summed E-state index contributed by atoms with van der Waals surface area (Å²) in [6.45, 7) is 1.52. The van der Waals surface area contributed by atoms with E-state index >= 15 is 0 Å². The van der Waals surface area contributed by atoms with Crippen LogP contribution in [0.15, 0.2) is 18.2 Å². The van der Waals surface area contributed by atoms with Crippen molar-refractivity contribution in [3.63, 3.8) is 0 Å². The summed E-state index contributed by atoms with van der Waals surface area (Å²) in [5, 5.41) is 30.5. The van der Waals surface area contributed by atoms with E-state index in [4.69, 9.17) is 14.2 Å². The summed E-state index contributed by atoms with van der Waals surface area (Å²) in [5.41, 5.74) is 0.699. The van der Waals surface area contributed by atoms with Gasteiger partial charge in [0.2, 0.25) is 5.75 Å². The number of benzene rings is 2. The second-order valence-corrected chi connectivity index (χ2v) is 6.13. The third-order valence-corrected chi connectivity index (χ3v) is 4.60. The highest BCUT2D eigenvalue weighted by molar-refractivity contribution is 6.05. The van der Waals surface area contributed by atoms with Crippen molar-refractivity contribution >= 4 is 5.78 Å². The topological polar surface area (TPSA) is 105 Å². The number of phenolic OH excluding ortho intramolecular Hbond substituents is 3. The Kier molecular flexibility index (Phi) is 4.54. The summed E-state index contributed by atoms with van der Waals surface area (Å²) in [4.78, 5) is 12.9. The lowest BCUT2D eigenvalue weighted by molar-refractivity contribution is 0.0819. The van der Waals surface area contributed by atoms with Crippen LogP contribution < -0.4 is 14.2 Å². The third kappa shape index (κ3) is 2.75. The van der Waals surface area contributed by atoms with Crippen LogP contribution in [-0.2, 0) is 6.42 Å². The maximum absolute atomic E-state index is 12.9. The Hall–Kier alpha value is -3.09. The van der Waals surface area contributed by atoms with Crippen molar-refractivity contribution in [2.75, 3.05) is 20.8 Å². The van der Waals surface area contributed by atoms with Crippen molar-refractivity contribution in [2.24, 2.45) is 5.92 Å². The van der Waals surface area contributed by atoms with E-state index in [1.807, 2.05) is 0 Å². The average Bonchev–Trinajstić information content (AvgIpc) is 2.63. The molecular weight excluding hydrogens is 340 g/mol. The lowest BCUT2D eigenvalue weighted by Gasteiger charge is -2.27. The molecule has 0 bridgehead atoms. The number of hydrogen-bond acceptors (Lipinski definition) is 7. The molecule has 138 valence electrons. The fraction of sp³-hybridized carbons (Fsp3) is 0.316. The molecule has 2 aromatic rings. The van der Waals surface area contributed by atoms with Crippen LogP contribution in [0.3, 0.4) is 0 Å². The van der Waals surface area contributed by atoms with Crippen LogP contribution >= 0.6 is 0 Å². The van der Waals surface area contributed by atoms with E-state index in [9.17, 15) is 20.1 Å². The molecule has 0 fully saturated rings. The zero-order valence-corrected chi connectivity index (χ0v) is 14.7. The molecule has 0 aromatic heterocycles. The van der Waals surface area contributed by atoms with E-state index in [0.29, 0.717) is 11.3 Å². The lowest BCUT2D eigenvalue weighted by atomic mass is 9.87. The van der Waals surface area contributed by atoms with E-state index in [1.54, 1.807) is 12.1 Å². The Labute approximate surface area is 150 Å². The average molecular weight is 360 g/mol. The largest absolute Gasteiger partial charge is 0.508 e. The fourth-order valence-corrected chi connectivity index (χ4v) is 3.08. The van der Waals surface area contributed by atoms with Crippen molar-refractivity contribution in [3.05, 3.63) is 34.9 Å². The van der Waals surface area contributed by atoms with E-state index in [0.717, 1.165) is 0 Å². The molecule has 0 spiro atoms. The minimum absolute atomic E-state index is 0.0126. The van der Waals surface area contributed by atoms with Crippen molar-refractivity contribution in [3.8, 4) is 34.5 Å². The predicted molar refractivity (Wildman–Crippen MR) is 92.7 cm³/mol. The number of Topliss-reactive ketones (excluding diaryl/α,β-unsaturated/α-hetero) is 1. The Morgan fingerprint density at radius 3 is 2.50 bits per heavy atom. The molecule has 3 N–H and O–H groups in total. The number of aromatic hydroxyl groups is 3. The smallest absolute Gasteiger partial charge is 0.204 e. The molecule has 7 heteroatoms. The lowest BCUT2D eigenvalue weighted by Crippen LogP contribution is -2.30. The van der Waals surface area contributed by atoms with Crippen LogP contribution in [0.2, 0.25) is 0 Å². The molecule has 0 saturated carbocycles. The van der Waals surface area contributed by atoms with Crippen molar-refractivity contribution in [1.82, 2.24) is 0 Å². The highest BCUT2D eigenvalue weighted by Crippen LogP contribution is 2.50. The van der Waals surface area contributed by atoms with Gasteiger partial charge in [0, 0.05) is 11.6 Å². The predicted octanol–water partition coefficient (Wildman–Crippen LogP) is 2.56. The van der Waals surface area contributed by atoms with Gasteiger partial charge in [-0.1, -0.05) is 6.07 Å². The molecule has 7 nitrogen and oxygen atoms in total. The van der Waals surface area contributed by atoms with Gasteiger partial charge in [-0.2, -0.15) is 0 Å². The van der Waals surface area contributed by atoms with Crippen LogP contribution in [0.25, 0.3) is 0 Å². The van der Waals surface area contributed by atoms with Gasteiger partial charge in [0.1, 0.15) is 22.8 Å². The standard InChI is InChI=1S/C19H20O7/c1-9-15(21)14-17(23)11(8-26-18(14)19(25-3)16(9)22)6-10-4-5-12(24-2)7-13(10)20/h4-5,7,11,20-22H,6,8H2,1-3H3. The molecule has 1 aliphatic rings. The maximum Gasteiger partial charge on any atom is 0.204 e. The zero-order valence-electron chi connectivity index (χ0n) is 14.7. The summed E-state index contributed by atoms with van der Waals surface area (Å²) in [6.07, 6.45) is 0.232. The molecule has 1 unspecified atom stereocenters. The van der Waals surface area contributed by atoms with Gasteiger partial charge in [-0.05, 0) is 25.0 Å². The first-order chi connectivity index (χ1) is 12.4. The maximum atomic E-state index is 12.9. The molecule has 0 saturated heterocycles. The van der Waals surface area contributed by atoms with Crippen molar-refractivity contribution in [1.29, 1.82) is 0 Å². The minimum atomic E-state index is -0.596. The Morgan fingerprint density at radius 1 is 1.15 bits per heavy atom. The highest BCUT2D eigenvalue weighted by atomic mass is 16.5. The molecule has 0 aliphatic carbocycles. The first-order valence-electron chi connectivity index (χ1n) is 8.04. The number of methoxy groups -OCH3 is 2. The van der Waals surface area contributed by atoms with E-state index < -0.39 is 5.92 Å². The van der Waals surface area contributed by atoms with Gasteiger partial charge >= 0.3 is 0 Å². The SMILES string of the molecule is COc1ccc(CC2COc3c(OC)c(O)c(C)c(O)c3C2=O)c(O)c1. The van der Waals surface area contributed by atoms with Crippen molar-refractivity contribution in [2.45, 2.75) is 13.3 Å². The number of carbonyl (C=O) groups is 1. The second-order valence-electron chi connectivity index (χ2n) is 6.13. The Morgan fingerprint density at radius 2 is 1.88 bits per heavy atom. The molecule has 2 aromatic carbocycles. The first-order valence-corrected chi connectivity index (χ1v) is 8.04. The molecule has 1 atom stereocenters. The van der Waals surface area contributed by atoms with Crippen LogP contribution in [0.4, 0.5) is 0 Å². The summed E-state index contributed by atoms with van der Waals surface area (Å²) in [5.74, 6) is -0.929. The van der Waals surface area contributed by atoms with E-state index in [-0.39, 0.29) is 58.7 Å². The molecule has 0 radical (unpaired) electrons. The second kappa shape index (κ2) is 6.67. The summed E-state index contributed by atoms with van der Waals surface area (Å²) in [6, 6.07) is 4.85. The van der Waals surface area contributed by atoms with Gasteiger partial charge in [-0.25, -0.2) is 0 Å². The molecule has 3 rings (SSSR count). The monoisotopic (exact) mass is 360 g/mol. The summed E-state index contributed by atoms with van der Waals surface area (Å²) < 4.78 is 15.8. The quantitative estimate of drug-likeness (QED) is 0.769. The van der Waals surface area contributed by atoms with Crippen LogP contribution in [0, 0.1) is 12.8 Å². The number of ketones is 1. The van der Waals surface area contributed by atoms with E-state index in [1.165, 1.54) is 27.2 Å². The normalized spacial score (nSPS) is 16.0. The van der Waals surface area contributed by atoms with Gasteiger partial charge in [0.05, 0.1) is 26.7 Å². The third-order valence-electron chi connectivity index (χ3n) is 4.60. The number of fused-ring (bicyclic) bond motifs is 1. The van der Waals surface area contributed by atoms with Gasteiger partial charge in [-0.3, -0.25) is 4.79 Å². The first kappa shape index (κ1) is 17.7. The summed E-state index contributed by atoms with van der Waals surface area (Å²) in [7, 11) is 2.85. The Bertz CT molecular complexity index is 873. The number of rotatable bonds is 4. The highest BCUT2D eigenvalue weighted by Gasteiger charge is 2.36. The Balaban J connectivity index is 1.97. The molecule has 1 aliphatic heterocycles. The van der Waals surface area contributed by atoms with Crippen LogP contribution in [0.1, 0.15) is 21.5 Å². The molecular formula is C19H20O7. The van der Waals surface area contributed by atoms with Crippen molar-refractivity contribution < 1.29 is 34.3 Å². The van der Waals surface area contributed by atoms with Gasteiger partial charge in [0.15, 0.2) is 17.3 Å². The minimum Gasteiger partial charge on any atom is -0.508 e. The zero-order chi connectivity index (χ0) is 19.0. The van der Waals surface area contributed by atoms with E-state index in [2.05, 4.69) is 0 Å².